The van der Waals surface area contributed by atoms with Crippen LogP contribution in [0.3, 0.4) is 0 Å². The first-order valence-corrected chi connectivity index (χ1v) is 8.45. The van der Waals surface area contributed by atoms with Gasteiger partial charge in [0.25, 0.3) is 0 Å². The first-order chi connectivity index (χ1) is 11.2. The summed E-state index contributed by atoms with van der Waals surface area (Å²) in [7, 11) is 2.04. The topological polar surface area (TPSA) is 65.4 Å². The Morgan fingerprint density at radius 1 is 1.30 bits per heavy atom. The van der Waals surface area contributed by atoms with Crippen LogP contribution in [0.2, 0.25) is 0 Å². The van der Waals surface area contributed by atoms with Gasteiger partial charge in [-0.1, -0.05) is 18.2 Å². The van der Waals surface area contributed by atoms with Crippen LogP contribution in [0.4, 0.5) is 0 Å². The van der Waals surface area contributed by atoms with E-state index < -0.39 is 0 Å². The van der Waals surface area contributed by atoms with E-state index in [0.29, 0.717) is 6.54 Å². The molecule has 2 aromatic rings. The molecule has 1 aromatic carbocycles. The molecule has 3 rings (SSSR count). The van der Waals surface area contributed by atoms with E-state index in [1.165, 1.54) is 10.9 Å². The SMILES string of the molecule is CN1CCN(CCc2c[nH]c3ccccc23)C(=O)[C@@H]1CCCN. The fraction of sp³-hybridized carbons (Fsp3) is 0.500. The van der Waals surface area contributed by atoms with Crippen LogP contribution >= 0.6 is 0 Å². The third kappa shape index (κ3) is 3.41. The number of likely N-dealkylation sites (N-methyl/N-ethyl adjacent to an activating group) is 1. The van der Waals surface area contributed by atoms with Crippen molar-refractivity contribution in [2.24, 2.45) is 5.73 Å². The van der Waals surface area contributed by atoms with E-state index in [0.717, 1.165) is 44.4 Å². The van der Waals surface area contributed by atoms with Gasteiger partial charge < -0.3 is 15.6 Å². The lowest BCUT2D eigenvalue weighted by atomic mass is 10.0. The molecule has 0 radical (unpaired) electrons. The zero-order valence-electron chi connectivity index (χ0n) is 13.8. The predicted molar refractivity (Wildman–Crippen MR) is 93.3 cm³/mol. The number of nitrogens with one attached hydrogen (secondary N) is 1. The fourth-order valence-electron chi connectivity index (χ4n) is 3.41. The summed E-state index contributed by atoms with van der Waals surface area (Å²) in [5.41, 5.74) is 8.04. The minimum Gasteiger partial charge on any atom is -0.361 e. The second-order valence-electron chi connectivity index (χ2n) is 6.36. The number of hydrogen-bond acceptors (Lipinski definition) is 3. The summed E-state index contributed by atoms with van der Waals surface area (Å²) in [6.45, 7) is 3.19. The number of para-hydroxylation sites is 1. The van der Waals surface area contributed by atoms with Gasteiger partial charge in [-0.15, -0.1) is 0 Å². The van der Waals surface area contributed by atoms with Crippen molar-refractivity contribution in [3.05, 3.63) is 36.0 Å². The summed E-state index contributed by atoms with van der Waals surface area (Å²) in [5.74, 6) is 0.257. The number of amides is 1. The number of carbonyl (C=O) groups excluding carboxylic acids is 1. The quantitative estimate of drug-likeness (QED) is 0.851. The van der Waals surface area contributed by atoms with E-state index in [-0.39, 0.29) is 11.9 Å². The number of hydrogen-bond donors (Lipinski definition) is 2. The van der Waals surface area contributed by atoms with Gasteiger partial charge in [-0.2, -0.15) is 0 Å². The van der Waals surface area contributed by atoms with Crippen molar-refractivity contribution in [2.75, 3.05) is 33.2 Å². The maximum atomic E-state index is 12.7. The Bertz CT molecular complexity index is 666. The molecule has 0 spiro atoms. The Labute approximate surface area is 137 Å². The molecule has 1 aliphatic heterocycles. The Morgan fingerprint density at radius 2 is 2.13 bits per heavy atom. The first-order valence-electron chi connectivity index (χ1n) is 8.45. The van der Waals surface area contributed by atoms with E-state index >= 15 is 0 Å². The third-order valence-corrected chi connectivity index (χ3v) is 4.86. The van der Waals surface area contributed by atoms with E-state index in [1.807, 2.05) is 18.0 Å². The molecule has 3 N–H and O–H groups in total. The molecule has 1 fully saturated rings. The smallest absolute Gasteiger partial charge is 0.239 e. The second-order valence-corrected chi connectivity index (χ2v) is 6.36. The molecule has 23 heavy (non-hydrogen) atoms. The summed E-state index contributed by atoms with van der Waals surface area (Å²) in [4.78, 5) is 20.2. The average Bonchev–Trinajstić information content (AvgIpc) is 2.97. The van der Waals surface area contributed by atoms with Crippen LogP contribution in [0.5, 0.6) is 0 Å². The number of piperazine rings is 1. The third-order valence-electron chi connectivity index (χ3n) is 4.86. The van der Waals surface area contributed by atoms with E-state index in [4.69, 9.17) is 5.73 Å². The summed E-state index contributed by atoms with van der Waals surface area (Å²) in [6.07, 6.45) is 4.71. The monoisotopic (exact) mass is 314 g/mol. The van der Waals surface area contributed by atoms with Gasteiger partial charge in [0.05, 0.1) is 6.04 Å². The van der Waals surface area contributed by atoms with Crippen LogP contribution in [0.25, 0.3) is 10.9 Å². The average molecular weight is 314 g/mol. The Hall–Kier alpha value is -1.85. The lowest BCUT2D eigenvalue weighted by Crippen LogP contribution is -2.55. The molecule has 1 aromatic heterocycles. The van der Waals surface area contributed by atoms with Crippen molar-refractivity contribution in [1.29, 1.82) is 0 Å². The van der Waals surface area contributed by atoms with Crippen molar-refractivity contribution >= 4 is 16.8 Å². The van der Waals surface area contributed by atoms with Gasteiger partial charge >= 0.3 is 0 Å². The standard InChI is InChI=1S/C18H26N4O/c1-21-11-12-22(18(23)17(21)7-4-9-19)10-8-14-13-20-16-6-3-2-5-15(14)16/h2-3,5-6,13,17,20H,4,7-12,19H2,1H3/t17-/m0/s1. The lowest BCUT2D eigenvalue weighted by molar-refractivity contribution is -0.141. The van der Waals surface area contributed by atoms with Crippen molar-refractivity contribution in [2.45, 2.75) is 25.3 Å². The van der Waals surface area contributed by atoms with Gasteiger partial charge in [0.2, 0.25) is 5.91 Å². The number of H-pyrrole nitrogens is 1. The van der Waals surface area contributed by atoms with Crippen molar-refractivity contribution in [1.82, 2.24) is 14.8 Å². The highest BCUT2D eigenvalue weighted by Crippen LogP contribution is 2.20. The molecule has 0 aliphatic carbocycles. The molecule has 0 saturated carbocycles. The summed E-state index contributed by atoms with van der Waals surface area (Å²) >= 11 is 0. The van der Waals surface area contributed by atoms with Crippen LogP contribution in [0, 0.1) is 0 Å². The van der Waals surface area contributed by atoms with Gasteiger partial charge in [-0.05, 0) is 44.5 Å². The molecule has 124 valence electrons. The summed E-state index contributed by atoms with van der Waals surface area (Å²) in [6, 6.07) is 8.31. The normalized spacial score (nSPS) is 19.7. The maximum Gasteiger partial charge on any atom is 0.239 e. The molecule has 1 atom stereocenters. The van der Waals surface area contributed by atoms with Crippen LogP contribution in [-0.4, -0.2) is 60.0 Å². The molecule has 1 amide bonds. The van der Waals surface area contributed by atoms with Gasteiger partial charge in [-0.25, -0.2) is 0 Å². The number of carbonyl (C=O) groups is 1. The highest BCUT2D eigenvalue weighted by Gasteiger charge is 2.31. The van der Waals surface area contributed by atoms with Crippen molar-refractivity contribution in [3.63, 3.8) is 0 Å². The largest absolute Gasteiger partial charge is 0.361 e. The number of nitrogens with zero attached hydrogens (tertiary/aromatic N) is 2. The van der Waals surface area contributed by atoms with E-state index in [9.17, 15) is 4.79 Å². The molecular formula is C18H26N4O. The molecular weight excluding hydrogens is 288 g/mol. The van der Waals surface area contributed by atoms with Crippen molar-refractivity contribution < 1.29 is 4.79 Å². The zero-order chi connectivity index (χ0) is 16.2. The van der Waals surface area contributed by atoms with Gasteiger partial charge in [0.15, 0.2) is 0 Å². The van der Waals surface area contributed by atoms with Gasteiger partial charge in [0, 0.05) is 36.7 Å². The summed E-state index contributed by atoms with van der Waals surface area (Å²) < 4.78 is 0. The molecule has 0 bridgehead atoms. The minimum absolute atomic E-state index is 0.00438. The predicted octanol–water partition coefficient (Wildman–Crippen LogP) is 1.59. The van der Waals surface area contributed by atoms with Crippen LogP contribution < -0.4 is 5.73 Å². The number of aromatic nitrogens is 1. The molecule has 1 saturated heterocycles. The zero-order valence-corrected chi connectivity index (χ0v) is 13.8. The van der Waals surface area contributed by atoms with E-state index in [1.54, 1.807) is 0 Å². The van der Waals surface area contributed by atoms with Crippen LogP contribution in [0.1, 0.15) is 18.4 Å². The summed E-state index contributed by atoms with van der Waals surface area (Å²) in [5, 5.41) is 1.26. The highest BCUT2D eigenvalue weighted by molar-refractivity contribution is 5.84. The van der Waals surface area contributed by atoms with Crippen LogP contribution in [-0.2, 0) is 11.2 Å². The Morgan fingerprint density at radius 3 is 2.96 bits per heavy atom. The fourth-order valence-corrected chi connectivity index (χ4v) is 3.41. The maximum absolute atomic E-state index is 12.7. The number of aromatic amines is 1. The number of rotatable bonds is 6. The number of nitrogens with two attached hydrogens (primary N) is 1. The number of fused-ring (bicyclic) bond motifs is 1. The number of benzene rings is 1. The van der Waals surface area contributed by atoms with Crippen molar-refractivity contribution in [3.8, 4) is 0 Å². The second kappa shape index (κ2) is 7.15. The van der Waals surface area contributed by atoms with Crippen LogP contribution in [0.15, 0.2) is 30.5 Å². The van der Waals surface area contributed by atoms with Gasteiger partial charge in [0.1, 0.15) is 0 Å². The molecule has 0 unspecified atom stereocenters. The van der Waals surface area contributed by atoms with E-state index in [2.05, 4.69) is 34.3 Å². The lowest BCUT2D eigenvalue weighted by Gasteiger charge is -2.38. The minimum atomic E-state index is -0.00438. The molecule has 5 nitrogen and oxygen atoms in total. The molecule has 5 heteroatoms. The Kier molecular flexibility index (Phi) is 4.98. The molecule has 1 aliphatic rings. The Balaban J connectivity index is 1.64. The highest BCUT2D eigenvalue weighted by atomic mass is 16.2. The first kappa shape index (κ1) is 16.0. The molecule has 2 heterocycles. The van der Waals surface area contributed by atoms with Gasteiger partial charge in [-0.3, -0.25) is 9.69 Å².